The first-order valence-electron chi connectivity index (χ1n) is 3.15. The molecule has 1 aliphatic heterocycles. The third-order valence-electron chi connectivity index (χ3n) is 1.38. The van der Waals surface area contributed by atoms with Gasteiger partial charge in [0.15, 0.2) is 6.23 Å². The summed E-state index contributed by atoms with van der Waals surface area (Å²) in [5.41, 5.74) is 0. The Hall–Kier alpha value is -0.360. The first kappa shape index (κ1) is 10.7. The summed E-state index contributed by atoms with van der Waals surface area (Å²) in [6.45, 7) is 0. The molecule has 1 aliphatic rings. The number of dihydropyridines is 1. The molecule has 0 saturated heterocycles. The summed E-state index contributed by atoms with van der Waals surface area (Å²) >= 11 is 11.2. The van der Waals surface area contributed by atoms with E-state index < -0.39 is 16.5 Å². The maximum atomic E-state index is 10.7. The van der Waals surface area contributed by atoms with Gasteiger partial charge in [0.2, 0.25) is 10.3 Å². The lowest BCUT2D eigenvalue weighted by Crippen LogP contribution is -2.25. The van der Waals surface area contributed by atoms with Crippen molar-refractivity contribution in [3.8, 4) is 0 Å². The predicted octanol–water partition coefficient (Wildman–Crippen LogP) is 0.784. The largest absolute Gasteiger partial charge is 0.354 e. The standard InChI is InChI=1S/C6H5Cl2NO3S/c1-12-6-5(13(10)11)4(8)3(7)2-9-6/h2,6H,1H3. The third kappa shape index (κ3) is 2.11. The molecule has 0 radical (unpaired) electrons. The average Bonchev–Trinajstić information content (AvgIpc) is 2.08. The Kier molecular flexibility index (Phi) is 3.49. The lowest BCUT2D eigenvalue weighted by atomic mass is 10.3. The quantitative estimate of drug-likeness (QED) is 0.638. The van der Waals surface area contributed by atoms with Crippen molar-refractivity contribution < 1.29 is 13.2 Å². The summed E-state index contributed by atoms with van der Waals surface area (Å²) in [6.07, 6.45) is 0.363. The number of methoxy groups -OCH3 is 1. The van der Waals surface area contributed by atoms with Crippen molar-refractivity contribution in [1.29, 1.82) is 0 Å². The van der Waals surface area contributed by atoms with Crippen molar-refractivity contribution in [2.24, 2.45) is 4.99 Å². The van der Waals surface area contributed by atoms with Gasteiger partial charge >= 0.3 is 0 Å². The van der Waals surface area contributed by atoms with Gasteiger partial charge < -0.3 is 4.74 Å². The van der Waals surface area contributed by atoms with E-state index in [1.54, 1.807) is 0 Å². The van der Waals surface area contributed by atoms with E-state index in [9.17, 15) is 8.42 Å². The fourth-order valence-electron chi connectivity index (χ4n) is 0.807. The maximum absolute atomic E-state index is 10.7. The molecule has 4 nitrogen and oxygen atoms in total. The Balaban J connectivity index is 3.33. The molecule has 72 valence electrons. The van der Waals surface area contributed by atoms with Crippen molar-refractivity contribution in [2.75, 3.05) is 7.11 Å². The van der Waals surface area contributed by atoms with Crippen molar-refractivity contribution in [1.82, 2.24) is 0 Å². The van der Waals surface area contributed by atoms with Gasteiger partial charge in [-0.2, -0.15) is 8.42 Å². The van der Waals surface area contributed by atoms with Crippen molar-refractivity contribution in [3.63, 3.8) is 0 Å². The first-order valence-corrected chi connectivity index (χ1v) is 4.98. The van der Waals surface area contributed by atoms with Gasteiger partial charge in [-0.25, -0.2) is 0 Å². The Labute approximate surface area is 86.3 Å². The topological polar surface area (TPSA) is 55.7 Å². The van der Waals surface area contributed by atoms with Gasteiger partial charge in [0.05, 0.1) is 10.1 Å². The summed E-state index contributed by atoms with van der Waals surface area (Å²) in [5.74, 6) is 0. The molecule has 0 bridgehead atoms. The van der Waals surface area contributed by atoms with Crippen LogP contribution in [0.5, 0.6) is 0 Å². The summed E-state index contributed by atoms with van der Waals surface area (Å²) in [4.78, 5) is 3.59. The van der Waals surface area contributed by atoms with Gasteiger partial charge in [-0.05, 0) is 0 Å². The molecule has 0 aliphatic carbocycles. The van der Waals surface area contributed by atoms with Crippen LogP contribution in [0, 0.1) is 0 Å². The van der Waals surface area contributed by atoms with E-state index in [1.807, 2.05) is 0 Å². The number of rotatable bonds is 1. The van der Waals surface area contributed by atoms with Crippen LogP contribution in [0.1, 0.15) is 0 Å². The van der Waals surface area contributed by atoms with Gasteiger partial charge in [-0.1, -0.05) is 23.2 Å². The molecule has 0 aromatic rings. The van der Waals surface area contributed by atoms with Gasteiger partial charge in [-0.3, -0.25) is 4.99 Å². The highest BCUT2D eigenvalue weighted by atomic mass is 35.5. The molecule has 0 amide bonds. The van der Waals surface area contributed by atoms with Crippen molar-refractivity contribution >= 4 is 44.6 Å². The highest BCUT2D eigenvalue weighted by molar-refractivity contribution is 7.73. The smallest absolute Gasteiger partial charge is 0.223 e. The molecule has 0 saturated carbocycles. The molecule has 1 unspecified atom stereocenters. The Morgan fingerprint density at radius 1 is 1.54 bits per heavy atom. The highest BCUT2D eigenvalue weighted by Crippen LogP contribution is 2.21. The fraction of sp³-hybridized carbons (Fsp3) is 0.333. The SMILES string of the molecule is COC1N=CC(Cl)=C(Cl)C1=S(=O)=O. The minimum atomic E-state index is -2.48. The Morgan fingerprint density at radius 3 is 2.62 bits per heavy atom. The van der Waals surface area contributed by atoms with E-state index in [-0.39, 0.29) is 14.9 Å². The second kappa shape index (κ2) is 4.23. The number of allylic oxidation sites excluding steroid dienone is 1. The van der Waals surface area contributed by atoms with Crippen LogP contribution in [0.2, 0.25) is 0 Å². The molecule has 0 aromatic heterocycles. The van der Waals surface area contributed by atoms with Crippen LogP contribution in [0.25, 0.3) is 0 Å². The molecule has 1 atom stereocenters. The molecule has 1 rings (SSSR count). The molecule has 0 spiro atoms. The lowest BCUT2D eigenvalue weighted by Gasteiger charge is -2.14. The molecular formula is C6H5Cl2NO3S. The Bertz CT molecular complexity index is 402. The second-order valence-corrected chi connectivity index (χ2v) is 3.82. The molecular weight excluding hydrogens is 237 g/mol. The number of nitrogens with zero attached hydrogens (tertiary/aromatic N) is 1. The fourth-order valence-corrected chi connectivity index (χ4v) is 1.93. The zero-order valence-electron chi connectivity index (χ0n) is 6.49. The lowest BCUT2D eigenvalue weighted by molar-refractivity contribution is 0.165. The van der Waals surface area contributed by atoms with E-state index >= 15 is 0 Å². The van der Waals surface area contributed by atoms with Crippen LogP contribution in [0.15, 0.2) is 15.1 Å². The summed E-state index contributed by atoms with van der Waals surface area (Å²) < 4.78 is 26.2. The second-order valence-electron chi connectivity index (χ2n) is 2.13. The highest BCUT2D eigenvalue weighted by Gasteiger charge is 2.24. The minimum Gasteiger partial charge on any atom is -0.354 e. The Morgan fingerprint density at radius 2 is 2.15 bits per heavy atom. The average molecular weight is 242 g/mol. The first-order chi connectivity index (χ1) is 6.07. The third-order valence-corrected chi connectivity index (χ3v) is 3.04. The van der Waals surface area contributed by atoms with Crippen LogP contribution in [0.4, 0.5) is 0 Å². The van der Waals surface area contributed by atoms with E-state index in [2.05, 4.69) is 4.99 Å². The van der Waals surface area contributed by atoms with E-state index in [0.717, 1.165) is 0 Å². The van der Waals surface area contributed by atoms with Crippen LogP contribution in [-0.2, 0) is 15.0 Å². The molecule has 7 heteroatoms. The zero-order chi connectivity index (χ0) is 10.0. The maximum Gasteiger partial charge on any atom is 0.223 e. The minimum absolute atomic E-state index is 0.0446. The van der Waals surface area contributed by atoms with Gasteiger partial charge in [0, 0.05) is 13.3 Å². The molecule has 0 N–H and O–H groups in total. The molecule has 13 heavy (non-hydrogen) atoms. The van der Waals surface area contributed by atoms with E-state index in [4.69, 9.17) is 27.9 Å². The van der Waals surface area contributed by atoms with Crippen LogP contribution in [-0.4, -0.2) is 32.8 Å². The number of hydrogen-bond donors (Lipinski definition) is 0. The number of halogens is 2. The van der Waals surface area contributed by atoms with Crippen molar-refractivity contribution in [2.45, 2.75) is 6.23 Å². The monoisotopic (exact) mass is 241 g/mol. The number of aliphatic imine (C=N–C) groups is 1. The van der Waals surface area contributed by atoms with Crippen molar-refractivity contribution in [3.05, 3.63) is 10.1 Å². The summed E-state index contributed by atoms with van der Waals surface area (Å²) in [5, 5.41) is 0.0472. The number of ether oxygens (including phenoxy) is 1. The molecule has 0 fully saturated rings. The van der Waals surface area contributed by atoms with E-state index in [0.29, 0.717) is 0 Å². The number of hydrogen-bond acceptors (Lipinski definition) is 4. The van der Waals surface area contributed by atoms with Gasteiger partial charge in [-0.15, -0.1) is 0 Å². The van der Waals surface area contributed by atoms with Crippen LogP contribution in [0.3, 0.4) is 0 Å². The van der Waals surface area contributed by atoms with Crippen LogP contribution >= 0.6 is 23.2 Å². The van der Waals surface area contributed by atoms with Gasteiger partial charge in [0.25, 0.3) is 0 Å². The normalized spacial score (nSPS) is 22.4. The summed E-state index contributed by atoms with van der Waals surface area (Å²) in [7, 11) is -1.15. The molecule has 1 heterocycles. The van der Waals surface area contributed by atoms with E-state index in [1.165, 1.54) is 13.3 Å². The predicted molar refractivity (Wildman–Crippen MR) is 51.9 cm³/mol. The molecule has 0 aromatic carbocycles. The van der Waals surface area contributed by atoms with Crippen LogP contribution < -0.4 is 0 Å². The zero-order valence-corrected chi connectivity index (χ0v) is 8.82. The van der Waals surface area contributed by atoms with Gasteiger partial charge in [0.1, 0.15) is 4.86 Å². The summed E-state index contributed by atoms with van der Waals surface area (Å²) in [6, 6.07) is 0.